The van der Waals surface area contributed by atoms with Gasteiger partial charge in [0.2, 0.25) is 0 Å². The van der Waals surface area contributed by atoms with Crippen LogP contribution in [0.1, 0.15) is 20.8 Å². The molecule has 2 N–H and O–H groups in total. The molecule has 0 unspecified atom stereocenters. The Hall–Kier alpha value is -0.120. The van der Waals surface area contributed by atoms with E-state index < -0.39 is 0 Å². The zero-order valence-corrected chi connectivity index (χ0v) is 8.74. The Balaban J connectivity index is 3.19. The van der Waals surface area contributed by atoms with Crippen molar-refractivity contribution in [1.82, 2.24) is 10.6 Å². The molecule has 0 spiro atoms. The second-order valence-electron chi connectivity index (χ2n) is 3.49. The molecule has 0 aromatic heterocycles. The fourth-order valence-electron chi connectivity index (χ4n) is 0.815. The SMILES string of the molecule is CCNCCNCC(C)(C)OC. The molecule has 0 saturated carbocycles. The van der Waals surface area contributed by atoms with Gasteiger partial charge in [0.15, 0.2) is 0 Å². The summed E-state index contributed by atoms with van der Waals surface area (Å²) in [6.07, 6.45) is 0. The van der Waals surface area contributed by atoms with Crippen molar-refractivity contribution in [3.8, 4) is 0 Å². The number of likely N-dealkylation sites (N-methyl/N-ethyl adjacent to an activating group) is 1. The van der Waals surface area contributed by atoms with Crippen LogP contribution in [-0.2, 0) is 4.74 Å². The van der Waals surface area contributed by atoms with E-state index in [4.69, 9.17) is 4.74 Å². The summed E-state index contributed by atoms with van der Waals surface area (Å²) in [6, 6.07) is 0. The Morgan fingerprint density at radius 2 is 1.75 bits per heavy atom. The van der Waals surface area contributed by atoms with E-state index in [1.54, 1.807) is 7.11 Å². The van der Waals surface area contributed by atoms with Crippen LogP contribution < -0.4 is 10.6 Å². The summed E-state index contributed by atoms with van der Waals surface area (Å²) in [6.45, 7) is 10.2. The molecule has 0 saturated heterocycles. The average molecular weight is 174 g/mol. The molecule has 0 fully saturated rings. The lowest BCUT2D eigenvalue weighted by molar-refractivity contribution is 0.0235. The molecule has 0 rings (SSSR count). The van der Waals surface area contributed by atoms with Gasteiger partial charge in [0.1, 0.15) is 0 Å². The van der Waals surface area contributed by atoms with Crippen molar-refractivity contribution in [3.63, 3.8) is 0 Å². The molecular formula is C9H22N2O. The molecule has 0 bridgehead atoms. The van der Waals surface area contributed by atoms with Crippen LogP contribution in [0.4, 0.5) is 0 Å². The smallest absolute Gasteiger partial charge is 0.0746 e. The molecule has 0 aliphatic carbocycles. The minimum Gasteiger partial charge on any atom is -0.377 e. The van der Waals surface area contributed by atoms with Crippen LogP contribution >= 0.6 is 0 Å². The lowest BCUT2D eigenvalue weighted by Gasteiger charge is -2.23. The van der Waals surface area contributed by atoms with E-state index in [0.29, 0.717) is 0 Å². The van der Waals surface area contributed by atoms with E-state index in [2.05, 4.69) is 31.4 Å². The van der Waals surface area contributed by atoms with Crippen molar-refractivity contribution in [3.05, 3.63) is 0 Å². The van der Waals surface area contributed by atoms with Gasteiger partial charge in [-0.3, -0.25) is 0 Å². The first-order valence-corrected chi connectivity index (χ1v) is 4.59. The first kappa shape index (κ1) is 11.9. The maximum absolute atomic E-state index is 5.26. The molecule has 0 aliphatic heterocycles. The number of methoxy groups -OCH3 is 1. The minimum absolute atomic E-state index is 0.0494. The molecule has 12 heavy (non-hydrogen) atoms. The fraction of sp³-hybridized carbons (Fsp3) is 1.00. The number of nitrogens with one attached hydrogen (secondary N) is 2. The molecule has 0 heterocycles. The first-order valence-electron chi connectivity index (χ1n) is 4.59. The monoisotopic (exact) mass is 174 g/mol. The predicted octanol–water partition coefficient (Wildman–Crippen LogP) is 0.611. The van der Waals surface area contributed by atoms with Gasteiger partial charge in [-0.15, -0.1) is 0 Å². The van der Waals surface area contributed by atoms with E-state index >= 15 is 0 Å². The summed E-state index contributed by atoms with van der Waals surface area (Å²) in [7, 11) is 1.74. The number of rotatable bonds is 7. The average Bonchev–Trinajstić information content (AvgIpc) is 2.04. The molecule has 0 atom stereocenters. The van der Waals surface area contributed by atoms with Crippen molar-refractivity contribution in [2.24, 2.45) is 0 Å². The van der Waals surface area contributed by atoms with Gasteiger partial charge in [0.05, 0.1) is 5.60 Å². The molecule has 0 amide bonds. The number of hydrogen-bond donors (Lipinski definition) is 2. The van der Waals surface area contributed by atoms with Gasteiger partial charge in [0.25, 0.3) is 0 Å². The molecule has 3 heteroatoms. The van der Waals surface area contributed by atoms with Crippen LogP contribution in [-0.4, -0.2) is 38.9 Å². The highest BCUT2D eigenvalue weighted by Gasteiger charge is 2.14. The van der Waals surface area contributed by atoms with E-state index in [1.807, 2.05) is 0 Å². The van der Waals surface area contributed by atoms with Gasteiger partial charge in [-0.1, -0.05) is 6.92 Å². The summed E-state index contributed by atoms with van der Waals surface area (Å²) >= 11 is 0. The Morgan fingerprint density at radius 1 is 1.17 bits per heavy atom. The van der Waals surface area contributed by atoms with E-state index in [1.165, 1.54) is 0 Å². The van der Waals surface area contributed by atoms with Gasteiger partial charge in [-0.2, -0.15) is 0 Å². The van der Waals surface area contributed by atoms with E-state index in [0.717, 1.165) is 26.2 Å². The van der Waals surface area contributed by atoms with Gasteiger partial charge < -0.3 is 15.4 Å². The Labute approximate surface area is 75.9 Å². The van der Waals surface area contributed by atoms with E-state index in [-0.39, 0.29) is 5.60 Å². The predicted molar refractivity (Wildman–Crippen MR) is 52.5 cm³/mol. The first-order chi connectivity index (χ1) is 5.62. The van der Waals surface area contributed by atoms with Crippen molar-refractivity contribution < 1.29 is 4.74 Å². The van der Waals surface area contributed by atoms with Gasteiger partial charge >= 0.3 is 0 Å². The summed E-state index contributed by atoms with van der Waals surface area (Å²) in [5.74, 6) is 0. The molecule has 0 aromatic rings. The molecule has 0 aliphatic rings. The molecular weight excluding hydrogens is 152 g/mol. The standard InChI is InChI=1S/C9H22N2O/c1-5-10-6-7-11-8-9(2,3)12-4/h10-11H,5-8H2,1-4H3. The molecule has 3 nitrogen and oxygen atoms in total. The molecule has 0 radical (unpaired) electrons. The quantitative estimate of drug-likeness (QED) is 0.555. The highest BCUT2D eigenvalue weighted by Crippen LogP contribution is 2.03. The lowest BCUT2D eigenvalue weighted by atomic mass is 10.1. The second-order valence-corrected chi connectivity index (χ2v) is 3.49. The Bertz CT molecular complexity index is 105. The van der Waals surface area contributed by atoms with Crippen LogP contribution in [0.25, 0.3) is 0 Å². The van der Waals surface area contributed by atoms with Crippen molar-refractivity contribution in [1.29, 1.82) is 0 Å². The van der Waals surface area contributed by atoms with Crippen molar-refractivity contribution >= 4 is 0 Å². The largest absolute Gasteiger partial charge is 0.377 e. The second kappa shape index (κ2) is 6.40. The van der Waals surface area contributed by atoms with Gasteiger partial charge in [-0.05, 0) is 20.4 Å². The van der Waals surface area contributed by atoms with Crippen LogP contribution in [0.3, 0.4) is 0 Å². The van der Waals surface area contributed by atoms with Gasteiger partial charge in [-0.25, -0.2) is 0 Å². The highest BCUT2D eigenvalue weighted by atomic mass is 16.5. The van der Waals surface area contributed by atoms with Crippen LogP contribution in [0.15, 0.2) is 0 Å². The van der Waals surface area contributed by atoms with E-state index in [9.17, 15) is 0 Å². The fourth-order valence-corrected chi connectivity index (χ4v) is 0.815. The Kier molecular flexibility index (Phi) is 6.34. The van der Waals surface area contributed by atoms with Gasteiger partial charge in [0, 0.05) is 26.7 Å². The van der Waals surface area contributed by atoms with Crippen molar-refractivity contribution in [2.45, 2.75) is 26.4 Å². The third-order valence-corrected chi connectivity index (χ3v) is 1.83. The minimum atomic E-state index is -0.0494. The molecule has 0 aromatic carbocycles. The molecule has 74 valence electrons. The normalized spacial score (nSPS) is 12.0. The summed E-state index contributed by atoms with van der Waals surface area (Å²) < 4.78 is 5.26. The summed E-state index contributed by atoms with van der Waals surface area (Å²) in [5.41, 5.74) is -0.0494. The van der Waals surface area contributed by atoms with Crippen LogP contribution in [0, 0.1) is 0 Å². The van der Waals surface area contributed by atoms with Crippen molar-refractivity contribution in [2.75, 3.05) is 33.3 Å². The summed E-state index contributed by atoms with van der Waals surface area (Å²) in [5, 5.41) is 6.57. The number of ether oxygens (including phenoxy) is 1. The lowest BCUT2D eigenvalue weighted by Crippen LogP contribution is -2.39. The Morgan fingerprint density at radius 3 is 2.25 bits per heavy atom. The zero-order chi connectivity index (χ0) is 9.45. The third-order valence-electron chi connectivity index (χ3n) is 1.83. The van der Waals surface area contributed by atoms with Crippen LogP contribution in [0.5, 0.6) is 0 Å². The van der Waals surface area contributed by atoms with Crippen LogP contribution in [0.2, 0.25) is 0 Å². The number of hydrogen-bond acceptors (Lipinski definition) is 3. The highest BCUT2D eigenvalue weighted by molar-refractivity contribution is 4.70. The maximum Gasteiger partial charge on any atom is 0.0746 e. The zero-order valence-electron chi connectivity index (χ0n) is 8.74. The maximum atomic E-state index is 5.26. The summed E-state index contributed by atoms with van der Waals surface area (Å²) in [4.78, 5) is 0. The topological polar surface area (TPSA) is 33.3 Å². The third kappa shape index (κ3) is 6.58.